The molecule has 1 saturated heterocycles. The van der Waals surface area contributed by atoms with Gasteiger partial charge in [-0.15, -0.1) is 0 Å². The molecule has 0 aromatic heterocycles. The van der Waals surface area contributed by atoms with Crippen molar-refractivity contribution in [1.29, 1.82) is 0 Å². The topological polar surface area (TPSA) is 20.3 Å². The molecule has 2 bridgehead atoms. The minimum Gasteiger partial charge on any atom is -0.295 e. The average molecular weight is 239 g/mol. The van der Waals surface area contributed by atoms with E-state index in [-0.39, 0.29) is 11.2 Å². The molecule has 4 rings (SSSR count). The van der Waals surface area contributed by atoms with Crippen molar-refractivity contribution in [3.8, 4) is 0 Å². The maximum Gasteiger partial charge on any atom is 0.157 e. The third-order valence-electron chi connectivity index (χ3n) is 4.94. The third-order valence-corrected chi connectivity index (χ3v) is 4.94. The Morgan fingerprint density at radius 1 is 1.39 bits per heavy atom. The molecule has 1 aromatic carbocycles. The van der Waals surface area contributed by atoms with E-state index in [4.69, 9.17) is 0 Å². The van der Waals surface area contributed by atoms with Crippen LogP contribution in [0.2, 0.25) is 0 Å². The summed E-state index contributed by atoms with van der Waals surface area (Å²) in [7, 11) is 0. The highest BCUT2D eigenvalue weighted by Crippen LogP contribution is 2.50. The Kier molecular flexibility index (Phi) is 1.94. The van der Waals surface area contributed by atoms with Gasteiger partial charge < -0.3 is 0 Å². The Labute approximate surface area is 107 Å². The van der Waals surface area contributed by atoms with Crippen LogP contribution in [0.25, 0.3) is 0 Å². The molecule has 1 aliphatic carbocycles. The van der Waals surface area contributed by atoms with E-state index in [1.165, 1.54) is 16.7 Å². The lowest BCUT2D eigenvalue weighted by Crippen LogP contribution is -2.48. The highest BCUT2D eigenvalue weighted by Gasteiger charge is 2.52. The number of aryl methyl sites for hydroxylation is 1. The number of fused-ring (bicyclic) bond motifs is 1. The van der Waals surface area contributed by atoms with E-state index < -0.39 is 0 Å². The Balaban J connectivity index is 1.95. The van der Waals surface area contributed by atoms with Crippen molar-refractivity contribution < 1.29 is 4.79 Å². The van der Waals surface area contributed by atoms with E-state index in [9.17, 15) is 4.79 Å². The van der Waals surface area contributed by atoms with Crippen LogP contribution in [0, 0.1) is 6.92 Å². The van der Waals surface area contributed by atoms with Crippen molar-refractivity contribution in [3.05, 3.63) is 47.0 Å². The lowest BCUT2D eigenvalue weighted by atomic mass is 9.67. The molecule has 2 heterocycles. The lowest BCUT2D eigenvalue weighted by molar-refractivity contribution is -0.116. The average Bonchev–Trinajstić information content (AvgIpc) is 2.62. The third kappa shape index (κ3) is 1.19. The molecule has 3 atom stereocenters. The van der Waals surface area contributed by atoms with E-state index in [2.05, 4.69) is 36.1 Å². The molecule has 2 nitrogen and oxygen atoms in total. The van der Waals surface area contributed by atoms with Crippen molar-refractivity contribution in [2.45, 2.75) is 37.8 Å². The molecule has 2 heteroatoms. The smallest absolute Gasteiger partial charge is 0.157 e. The number of benzene rings is 1. The predicted octanol–water partition coefficient (Wildman–Crippen LogP) is 2.35. The predicted molar refractivity (Wildman–Crippen MR) is 70.4 cm³/mol. The number of hydrogen-bond acceptors (Lipinski definition) is 2. The van der Waals surface area contributed by atoms with Gasteiger partial charge in [0, 0.05) is 31.0 Å². The molecule has 1 unspecified atom stereocenters. The van der Waals surface area contributed by atoms with Gasteiger partial charge in [0.2, 0.25) is 0 Å². The van der Waals surface area contributed by atoms with Gasteiger partial charge in [-0.3, -0.25) is 9.69 Å². The van der Waals surface area contributed by atoms with Crippen molar-refractivity contribution >= 4 is 5.78 Å². The van der Waals surface area contributed by atoms with Crippen LogP contribution in [-0.4, -0.2) is 23.3 Å². The number of allylic oxidation sites excluding steroid dienone is 1. The molecule has 0 N–H and O–H groups in total. The van der Waals surface area contributed by atoms with Gasteiger partial charge >= 0.3 is 0 Å². The Morgan fingerprint density at radius 2 is 2.28 bits per heavy atom. The van der Waals surface area contributed by atoms with Crippen LogP contribution >= 0.6 is 0 Å². The second-order valence-electron chi connectivity index (χ2n) is 5.94. The highest BCUT2D eigenvalue weighted by atomic mass is 16.1. The van der Waals surface area contributed by atoms with E-state index >= 15 is 0 Å². The number of carbonyl (C=O) groups is 1. The van der Waals surface area contributed by atoms with Gasteiger partial charge in [-0.25, -0.2) is 0 Å². The van der Waals surface area contributed by atoms with Gasteiger partial charge in [-0.05, 0) is 30.5 Å². The number of ketones is 1. The summed E-state index contributed by atoms with van der Waals surface area (Å²) in [6.07, 6.45) is 5.87. The molecule has 0 radical (unpaired) electrons. The van der Waals surface area contributed by atoms with E-state index in [1.54, 1.807) is 0 Å². The molecular weight excluding hydrogens is 222 g/mol. The maximum atomic E-state index is 11.7. The summed E-state index contributed by atoms with van der Waals surface area (Å²) in [6, 6.07) is 7.23. The van der Waals surface area contributed by atoms with Crippen LogP contribution in [0.3, 0.4) is 0 Å². The van der Waals surface area contributed by atoms with Gasteiger partial charge in [0.05, 0.1) is 0 Å². The Hall–Kier alpha value is -1.41. The van der Waals surface area contributed by atoms with Crippen molar-refractivity contribution in [1.82, 2.24) is 4.90 Å². The fraction of sp³-hybridized carbons (Fsp3) is 0.438. The van der Waals surface area contributed by atoms with Crippen molar-refractivity contribution in [2.75, 3.05) is 6.54 Å². The van der Waals surface area contributed by atoms with Crippen LogP contribution < -0.4 is 0 Å². The van der Waals surface area contributed by atoms with Crippen LogP contribution in [0.4, 0.5) is 0 Å². The van der Waals surface area contributed by atoms with Crippen LogP contribution in [0.1, 0.15) is 29.5 Å². The first-order chi connectivity index (χ1) is 8.69. The van der Waals surface area contributed by atoms with Gasteiger partial charge in [0.25, 0.3) is 0 Å². The number of hydrogen-bond donors (Lipinski definition) is 0. The number of rotatable bonds is 0. The Morgan fingerprint density at radius 3 is 3.17 bits per heavy atom. The van der Waals surface area contributed by atoms with Crippen LogP contribution in [0.15, 0.2) is 30.4 Å². The fourth-order valence-electron chi connectivity index (χ4n) is 4.10. The second-order valence-corrected chi connectivity index (χ2v) is 5.94. The number of nitrogens with zero attached hydrogens (tertiary/aromatic N) is 1. The summed E-state index contributed by atoms with van der Waals surface area (Å²) >= 11 is 0. The Bertz CT molecular complexity index is 574. The van der Waals surface area contributed by atoms with E-state index in [0.29, 0.717) is 12.5 Å². The van der Waals surface area contributed by atoms with E-state index in [1.807, 2.05) is 6.08 Å². The zero-order valence-electron chi connectivity index (χ0n) is 10.6. The largest absolute Gasteiger partial charge is 0.295 e. The fourth-order valence-corrected chi connectivity index (χ4v) is 4.10. The zero-order chi connectivity index (χ0) is 12.3. The second kappa shape index (κ2) is 3.33. The molecule has 18 heavy (non-hydrogen) atoms. The molecule has 92 valence electrons. The van der Waals surface area contributed by atoms with Crippen molar-refractivity contribution in [2.24, 2.45) is 0 Å². The molecule has 1 aromatic rings. The summed E-state index contributed by atoms with van der Waals surface area (Å²) in [5, 5.41) is 0. The maximum absolute atomic E-state index is 11.7. The minimum atomic E-state index is 0.120. The van der Waals surface area contributed by atoms with Gasteiger partial charge in [0.1, 0.15) is 0 Å². The summed E-state index contributed by atoms with van der Waals surface area (Å²) in [5.74, 6) is 0.290. The highest BCUT2D eigenvalue weighted by molar-refractivity contribution is 5.92. The number of carbonyl (C=O) groups excluding carboxylic acids is 1. The standard InChI is InChI=1S/C16H17NO/c1-11-2-3-14-12(8-11)10-17-7-6-16(14)5-4-13(18)9-15(16)17/h2-5,8,15H,6-7,9-10H2,1H3/t15-,16-/m0/s1. The molecule has 1 fully saturated rings. The summed E-state index contributed by atoms with van der Waals surface area (Å²) in [6.45, 7) is 4.29. The van der Waals surface area contributed by atoms with Crippen LogP contribution in [0.5, 0.6) is 0 Å². The first-order valence-corrected chi connectivity index (χ1v) is 6.75. The SMILES string of the molecule is Cc1ccc2c(c1)CN1CC[C@@]23C=CC(=O)C[C@H]13. The first-order valence-electron chi connectivity index (χ1n) is 6.75. The molecule has 0 spiro atoms. The monoisotopic (exact) mass is 239 g/mol. The van der Waals surface area contributed by atoms with Crippen LogP contribution in [-0.2, 0) is 16.8 Å². The zero-order valence-corrected chi connectivity index (χ0v) is 10.6. The summed E-state index contributed by atoms with van der Waals surface area (Å²) in [5.41, 5.74) is 4.38. The van der Waals surface area contributed by atoms with Gasteiger partial charge in [-0.1, -0.05) is 29.8 Å². The molecule has 3 aliphatic rings. The lowest BCUT2D eigenvalue weighted by Gasteiger charge is -2.43. The van der Waals surface area contributed by atoms with E-state index in [0.717, 1.165) is 19.5 Å². The van der Waals surface area contributed by atoms with Gasteiger partial charge in [0.15, 0.2) is 5.78 Å². The molecule has 0 amide bonds. The van der Waals surface area contributed by atoms with Gasteiger partial charge in [-0.2, -0.15) is 0 Å². The normalized spacial score (nSPS) is 36.4. The molecule has 0 saturated carbocycles. The molecule has 2 aliphatic heterocycles. The minimum absolute atomic E-state index is 0.120. The van der Waals surface area contributed by atoms with Crippen molar-refractivity contribution in [3.63, 3.8) is 0 Å². The summed E-state index contributed by atoms with van der Waals surface area (Å²) < 4.78 is 0. The quantitative estimate of drug-likeness (QED) is 0.692. The summed E-state index contributed by atoms with van der Waals surface area (Å²) in [4.78, 5) is 14.2. The first kappa shape index (κ1) is 10.5. The molecular formula is C16H17NO.